The third kappa shape index (κ3) is 2.03. The van der Waals surface area contributed by atoms with Gasteiger partial charge >= 0.3 is 6.03 Å². The maximum absolute atomic E-state index is 12.1. The third-order valence-electron chi connectivity index (χ3n) is 2.97. The molecule has 96 valence electrons. The van der Waals surface area contributed by atoms with Gasteiger partial charge in [0.2, 0.25) is 0 Å². The van der Waals surface area contributed by atoms with E-state index in [1.807, 2.05) is 12.1 Å². The highest BCUT2D eigenvalue weighted by molar-refractivity contribution is 5.84. The van der Waals surface area contributed by atoms with Crippen molar-refractivity contribution in [2.24, 2.45) is 7.05 Å². The number of hydrogen-bond donors (Lipinski definition) is 1. The van der Waals surface area contributed by atoms with Gasteiger partial charge in [-0.05, 0) is 18.6 Å². The fourth-order valence-corrected chi connectivity index (χ4v) is 1.97. The lowest BCUT2D eigenvalue weighted by molar-refractivity contribution is 0.236. The van der Waals surface area contributed by atoms with E-state index in [9.17, 15) is 9.59 Å². The first-order chi connectivity index (χ1) is 8.66. The second-order valence-electron chi connectivity index (χ2n) is 4.24. The van der Waals surface area contributed by atoms with Crippen molar-refractivity contribution < 1.29 is 4.79 Å². The molecule has 5 nitrogen and oxygen atoms in total. The molecule has 2 rings (SSSR count). The molecule has 0 saturated heterocycles. The number of rotatable bonds is 3. The average molecular weight is 247 g/mol. The van der Waals surface area contributed by atoms with E-state index >= 15 is 0 Å². The molecule has 5 heteroatoms. The summed E-state index contributed by atoms with van der Waals surface area (Å²) >= 11 is 0. The normalized spacial score (nSPS) is 10.8. The van der Waals surface area contributed by atoms with Crippen LogP contribution in [0.4, 0.5) is 4.79 Å². The van der Waals surface area contributed by atoms with Crippen molar-refractivity contribution in [2.45, 2.75) is 19.8 Å². The molecule has 0 unspecified atom stereocenters. The number of hydrogen-bond acceptors (Lipinski definition) is 2. The number of aryl methyl sites for hydroxylation is 1. The zero-order valence-electron chi connectivity index (χ0n) is 10.6. The smallest absolute Gasteiger partial charge is 0.336 e. The minimum Gasteiger partial charge on any atom is -0.336 e. The molecule has 0 bridgehead atoms. The molecule has 0 fully saturated rings. The second kappa shape index (κ2) is 5.08. The predicted molar refractivity (Wildman–Crippen MR) is 70.9 cm³/mol. The van der Waals surface area contributed by atoms with E-state index in [0.29, 0.717) is 11.9 Å². The van der Waals surface area contributed by atoms with Crippen LogP contribution in [0.1, 0.15) is 19.8 Å². The van der Waals surface area contributed by atoms with Crippen molar-refractivity contribution in [2.75, 3.05) is 6.54 Å². The van der Waals surface area contributed by atoms with Gasteiger partial charge in [-0.1, -0.05) is 25.5 Å². The molecule has 0 aliphatic carbocycles. The number of nitrogens with one attached hydrogen (secondary N) is 1. The number of carbonyl (C=O) groups is 1. The summed E-state index contributed by atoms with van der Waals surface area (Å²) in [6, 6.07) is 6.83. The summed E-state index contributed by atoms with van der Waals surface area (Å²) in [5, 5.41) is 3.31. The van der Waals surface area contributed by atoms with Crippen molar-refractivity contribution in [3.63, 3.8) is 0 Å². The van der Waals surface area contributed by atoms with Crippen LogP contribution in [0.5, 0.6) is 0 Å². The Balaban J connectivity index is 2.39. The van der Waals surface area contributed by atoms with Crippen molar-refractivity contribution in [1.29, 1.82) is 0 Å². The van der Waals surface area contributed by atoms with E-state index < -0.39 is 0 Å². The van der Waals surface area contributed by atoms with E-state index in [0.717, 1.165) is 23.0 Å². The fourth-order valence-electron chi connectivity index (χ4n) is 1.97. The number of amides is 1. The SMILES string of the molecule is CCCCNC(=O)n1c(=O)c2ccccc2n1C. The largest absolute Gasteiger partial charge is 0.343 e. The van der Waals surface area contributed by atoms with Gasteiger partial charge in [-0.3, -0.25) is 9.48 Å². The fraction of sp³-hybridized carbons (Fsp3) is 0.385. The van der Waals surface area contributed by atoms with Gasteiger partial charge in [0.15, 0.2) is 0 Å². The maximum Gasteiger partial charge on any atom is 0.343 e. The Hall–Kier alpha value is -2.04. The third-order valence-corrected chi connectivity index (χ3v) is 2.97. The monoisotopic (exact) mass is 247 g/mol. The highest BCUT2D eigenvalue weighted by atomic mass is 16.2. The molecule has 1 heterocycles. The van der Waals surface area contributed by atoms with Crippen molar-refractivity contribution in [1.82, 2.24) is 14.7 Å². The zero-order valence-corrected chi connectivity index (χ0v) is 10.6. The Morgan fingerprint density at radius 1 is 1.33 bits per heavy atom. The summed E-state index contributed by atoms with van der Waals surface area (Å²) in [6.45, 7) is 2.64. The van der Waals surface area contributed by atoms with Crippen LogP contribution in [0, 0.1) is 0 Å². The van der Waals surface area contributed by atoms with Gasteiger partial charge in [0, 0.05) is 13.6 Å². The lowest BCUT2D eigenvalue weighted by Gasteiger charge is -2.07. The molecule has 0 spiro atoms. The van der Waals surface area contributed by atoms with Crippen LogP contribution < -0.4 is 10.9 Å². The van der Waals surface area contributed by atoms with Gasteiger partial charge in [0.1, 0.15) is 0 Å². The van der Waals surface area contributed by atoms with E-state index in [-0.39, 0.29) is 11.6 Å². The molecule has 1 amide bonds. The minimum absolute atomic E-state index is 0.276. The second-order valence-corrected chi connectivity index (χ2v) is 4.24. The number of aromatic nitrogens is 2. The molecule has 0 aliphatic heterocycles. The molecule has 1 aromatic carbocycles. The van der Waals surface area contributed by atoms with E-state index in [1.165, 1.54) is 0 Å². The summed E-state index contributed by atoms with van der Waals surface area (Å²) < 4.78 is 2.72. The topological polar surface area (TPSA) is 56.0 Å². The van der Waals surface area contributed by atoms with Gasteiger partial charge < -0.3 is 5.32 Å². The van der Waals surface area contributed by atoms with Crippen LogP contribution in [-0.4, -0.2) is 21.9 Å². The standard InChI is InChI=1S/C13H17N3O2/c1-3-4-9-14-13(18)16-12(17)10-7-5-6-8-11(10)15(16)2/h5-8H,3-4,9H2,1-2H3,(H,14,18). The molecule has 18 heavy (non-hydrogen) atoms. The first kappa shape index (κ1) is 12.4. The van der Waals surface area contributed by atoms with Crippen LogP contribution in [0.3, 0.4) is 0 Å². The molecular weight excluding hydrogens is 230 g/mol. The lowest BCUT2D eigenvalue weighted by Crippen LogP contribution is -2.38. The van der Waals surface area contributed by atoms with Crippen LogP contribution in [0.2, 0.25) is 0 Å². The van der Waals surface area contributed by atoms with Crippen molar-refractivity contribution >= 4 is 16.9 Å². The van der Waals surface area contributed by atoms with E-state index in [2.05, 4.69) is 12.2 Å². The average Bonchev–Trinajstić information content (AvgIpc) is 2.63. The Bertz CT molecular complexity index is 625. The van der Waals surface area contributed by atoms with E-state index in [4.69, 9.17) is 0 Å². The number of carbonyl (C=O) groups excluding carboxylic acids is 1. The highest BCUT2D eigenvalue weighted by Gasteiger charge is 2.15. The Morgan fingerprint density at radius 2 is 2.06 bits per heavy atom. The first-order valence-electron chi connectivity index (χ1n) is 6.11. The quantitative estimate of drug-likeness (QED) is 0.839. The van der Waals surface area contributed by atoms with E-state index in [1.54, 1.807) is 23.9 Å². The minimum atomic E-state index is -0.368. The molecule has 0 radical (unpaired) electrons. The summed E-state index contributed by atoms with van der Waals surface area (Å²) in [5.74, 6) is 0. The molecule has 1 aromatic heterocycles. The van der Waals surface area contributed by atoms with Gasteiger partial charge in [-0.25, -0.2) is 4.79 Å². The predicted octanol–water partition coefficient (Wildman–Crippen LogP) is 1.70. The maximum atomic E-state index is 12.1. The molecule has 2 aromatic rings. The summed E-state index contributed by atoms with van der Waals surface area (Å²) in [4.78, 5) is 24.1. The molecule has 0 atom stereocenters. The Morgan fingerprint density at radius 3 is 2.72 bits per heavy atom. The molecular formula is C13H17N3O2. The Labute approximate surface area is 105 Å². The van der Waals surface area contributed by atoms with Gasteiger partial charge in [-0.15, -0.1) is 0 Å². The highest BCUT2D eigenvalue weighted by Crippen LogP contribution is 2.08. The van der Waals surface area contributed by atoms with Crippen LogP contribution in [0.15, 0.2) is 29.1 Å². The Kier molecular flexibility index (Phi) is 3.50. The molecule has 0 saturated carbocycles. The summed E-state index contributed by atoms with van der Waals surface area (Å²) in [6.07, 6.45) is 1.91. The van der Waals surface area contributed by atoms with Crippen LogP contribution in [-0.2, 0) is 7.05 Å². The van der Waals surface area contributed by atoms with Gasteiger partial charge in [0.05, 0.1) is 10.9 Å². The van der Waals surface area contributed by atoms with Crippen molar-refractivity contribution in [3.8, 4) is 0 Å². The lowest BCUT2D eigenvalue weighted by atomic mass is 10.2. The number of para-hydroxylation sites is 1. The molecule has 1 N–H and O–H groups in total. The van der Waals surface area contributed by atoms with Crippen LogP contribution >= 0.6 is 0 Å². The summed E-state index contributed by atoms with van der Waals surface area (Å²) in [7, 11) is 1.71. The van der Waals surface area contributed by atoms with Gasteiger partial charge in [-0.2, -0.15) is 4.68 Å². The van der Waals surface area contributed by atoms with Crippen molar-refractivity contribution in [3.05, 3.63) is 34.6 Å². The van der Waals surface area contributed by atoms with Crippen LogP contribution in [0.25, 0.3) is 10.9 Å². The summed E-state index contributed by atoms with van der Waals surface area (Å²) in [5.41, 5.74) is 0.482. The number of nitrogens with zero attached hydrogens (tertiary/aromatic N) is 2. The number of benzene rings is 1. The number of fused-ring (bicyclic) bond motifs is 1. The molecule has 0 aliphatic rings. The number of unbranched alkanes of at least 4 members (excludes halogenated alkanes) is 1. The van der Waals surface area contributed by atoms with Gasteiger partial charge in [0.25, 0.3) is 5.56 Å². The first-order valence-corrected chi connectivity index (χ1v) is 6.11. The zero-order chi connectivity index (χ0) is 13.1.